The van der Waals surface area contributed by atoms with Gasteiger partial charge in [-0.2, -0.15) is 4.73 Å². The summed E-state index contributed by atoms with van der Waals surface area (Å²) in [6.45, 7) is 0. The summed E-state index contributed by atoms with van der Waals surface area (Å²) < 4.78 is 34.6. The van der Waals surface area contributed by atoms with Crippen molar-refractivity contribution in [3.63, 3.8) is 0 Å². The lowest BCUT2D eigenvalue weighted by Crippen LogP contribution is -2.38. The van der Waals surface area contributed by atoms with Crippen molar-refractivity contribution < 1.29 is 23.0 Å². The number of H-pyrrole nitrogens is 1. The Labute approximate surface area is 205 Å². The fraction of sp³-hybridized carbons (Fsp3) is 0. The minimum Gasteiger partial charge on any atom is -0.618 e. The monoisotopic (exact) mass is 536 g/mol. The second-order valence-corrected chi connectivity index (χ2v) is 8.32. The van der Waals surface area contributed by atoms with Crippen LogP contribution in [0.1, 0.15) is 10.5 Å². The Bertz CT molecular complexity index is 1570. The molecule has 2 N–H and O–H groups in total. The van der Waals surface area contributed by atoms with Crippen molar-refractivity contribution in [2.75, 3.05) is 5.32 Å². The number of aromatic nitrogens is 3. The van der Waals surface area contributed by atoms with Gasteiger partial charge in [-0.1, -0.05) is 0 Å². The molecule has 0 spiro atoms. The first kappa shape index (κ1) is 22.5. The molecule has 0 saturated carbocycles. The van der Waals surface area contributed by atoms with Crippen molar-refractivity contribution >= 4 is 38.6 Å². The molecule has 0 aliphatic heterocycles. The lowest BCUT2D eigenvalue weighted by molar-refractivity contribution is -0.595. The first-order chi connectivity index (χ1) is 16.9. The minimum atomic E-state index is -0.749. The van der Waals surface area contributed by atoms with Gasteiger partial charge in [0.05, 0.1) is 11.1 Å². The number of hydrogen-bond donors (Lipinski definition) is 2. The maximum Gasteiger partial charge on any atom is 0.321 e. The van der Waals surface area contributed by atoms with Gasteiger partial charge in [0.2, 0.25) is 5.69 Å². The highest BCUT2D eigenvalue weighted by atomic mass is 79.9. The zero-order chi connectivity index (χ0) is 24.5. The van der Waals surface area contributed by atoms with E-state index >= 15 is 0 Å². The van der Waals surface area contributed by atoms with Crippen LogP contribution in [-0.4, -0.2) is 15.9 Å². The molecule has 0 aliphatic carbocycles. The van der Waals surface area contributed by atoms with E-state index in [-0.39, 0.29) is 22.8 Å². The number of halogens is 3. The molecular weight excluding hydrogens is 522 g/mol. The van der Waals surface area contributed by atoms with Gasteiger partial charge in [-0.15, -0.1) is 0 Å². The van der Waals surface area contributed by atoms with Crippen LogP contribution >= 0.6 is 15.9 Å². The highest BCUT2D eigenvalue weighted by Gasteiger charge is 2.22. The van der Waals surface area contributed by atoms with Crippen LogP contribution in [0.4, 0.5) is 14.5 Å². The third-order valence-corrected chi connectivity index (χ3v) is 5.88. The number of nitrogens with zero attached hydrogens (tertiary/aromatic N) is 2. The van der Waals surface area contributed by atoms with E-state index in [1.165, 1.54) is 54.7 Å². The number of pyridine rings is 2. The smallest absolute Gasteiger partial charge is 0.321 e. The minimum absolute atomic E-state index is 0.0687. The van der Waals surface area contributed by atoms with Gasteiger partial charge in [0, 0.05) is 46.7 Å². The normalized spacial score (nSPS) is 10.9. The Morgan fingerprint density at radius 3 is 2.66 bits per heavy atom. The molecule has 35 heavy (non-hydrogen) atoms. The van der Waals surface area contributed by atoms with Gasteiger partial charge in [0.1, 0.15) is 17.2 Å². The molecule has 0 atom stereocenters. The number of aromatic amines is 1. The second-order valence-electron chi connectivity index (χ2n) is 7.47. The third-order valence-electron chi connectivity index (χ3n) is 5.23. The zero-order valence-corrected chi connectivity index (χ0v) is 19.3. The number of nitrogens with one attached hydrogen (secondary N) is 2. The average Bonchev–Trinajstić information content (AvgIpc) is 3.33. The number of rotatable bonds is 5. The SMILES string of the molecule is O=C(Nc1cc(F)c(Oc2ccnc3[nH]ccc23)cc1Br)c1cccc(-c2ccc(F)cc2)[n+]1[O-]. The molecule has 0 radical (unpaired) electrons. The topological polar surface area (TPSA) is 93.9 Å². The van der Waals surface area contributed by atoms with E-state index in [0.717, 1.165) is 6.07 Å². The summed E-state index contributed by atoms with van der Waals surface area (Å²) in [5.74, 6) is -1.58. The first-order valence-electron chi connectivity index (χ1n) is 10.3. The number of hydrogen-bond acceptors (Lipinski definition) is 4. The van der Waals surface area contributed by atoms with Crippen molar-refractivity contribution in [3.8, 4) is 22.8 Å². The van der Waals surface area contributed by atoms with Crippen molar-refractivity contribution in [1.29, 1.82) is 0 Å². The van der Waals surface area contributed by atoms with Gasteiger partial charge in [-0.3, -0.25) is 4.79 Å². The number of anilines is 1. The van der Waals surface area contributed by atoms with Crippen molar-refractivity contribution in [2.45, 2.75) is 0 Å². The largest absolute Gasteiger partial charge is 0.618 e. The summed E-state index contributed by atoms with van der Waals surface area (Å²) in [7, 11) is 0. The molecule has 1 amide bonds. The quantitative estimate of drug-likeness (QED) is 0.214. The predicted molar refractivity (Wildman–Crippen MR) is 129 cm³/mol. The van der Waals surface area contributed by atoms with Gasteiger partial charge in [-0.05, 0) is 58.4 Å². The lowest BCUT2D eigenvalue weighted by Gasteiger charge is -2.13. The standard InChI is InChI=1S/C25H15BrF2N4O3/c26-17-12-23(35-22-9-11-30-24-16(22)8-10-29-24)18(28)13-19(17)31-25(33)21-3-1-2-20(32(21)34)14-4-6-15(27)7-5-14/h1-13H,(H,29,30)(H,31,33). The molecule has 7 nitrogen and oxygen atoms in total. The Kier molecular flexibility index (Phi) is 5.87. The van der Waals surface area contributed by atoms with Gasteiger partial charge in [0.25, 0.3) is 5.69 Å². The highest BCUT2D eigenvalue weighted by molar-refractivity contribution is 9.10. The van der Waals surface area contributed by atoms with Crippen molar-refractivity contribution in [2.24, 2.45) is 0 Å². The Hall–Kier alpha value is -4.31. The van der Waals surface area contributed by atoms with E-state index in [0.29, 0.717) is 31.5 Å². The van der Waals surface area contributed by atoms with Crippen molar-refractivity contribution in [3.05, 3.63) is 106 Å². The number of amides is 1. The van der Waals surface area contributed by atoms with E-state index in [2.05, 4.69) is 31.2 Å². The fourth-order valence-corrected chi connectivity index (χ4v) is 3.95. The molecule has 0 unspecified atom stereocenters. The Balaban J connectivity index is 1.40. The van der Waals surface area contributed by atoms with Crippen LogP contribution in [0.15, 0.2) is 83.6 Å². The molecule has 0 fully saturated rings. The van der Waals surface area contributed by atoms with Gasteiger partial charge in [0.15, 0.2) is 11.6 Å². The summed E-state index contributed by atoms with van der Waals surface area (Å²) in [6.07, 6.45) is 3.23. The van der Waals surface area contributed by atoms with Gasteiger partial charge in [-0.25, -0.2) is 13.8 Å². The Morgan fingerprint density at radius 2 is 1.86 bits per heavy atom. The highest BCUT2D eigenvalue weighted by Crippen LogP contribution is 2.35. The van der Waals surface area contributed by atoms with Crippen LogP contribution < -0.4 is 14.8 Å². The maximum absolute atomic E-state index is 14.9. The molecular formula is C25H15BrF2N4O3. The van der Waals surface area contributed by atoms with Crippen LogP contribution in [0.3, 0.4) is 0 Å². The van der Waals surface area contributed by atoms with E-state index in [4.69, 9.17) is 4.74 Å². The van der Waals surface area contributed by atoms with E-state index in [1.54, 1.807) is 18.3 Å². The molecule has 174 valence electrons. The molecule has 10 heteroatoms. The van der Waals surface area contributed by atoms with Crippen molar-refractivity contribution in [1.82, 2.24) is 9.97 Å². The summed E-state index contributed by atoms with van der Waals surface area (Å²) >= 11 is 3.31. The number of ether oxygens (including phenoxy) is 1. The molecule has 0 aliphatic rings. The second kappa shape index (κ2) is 9.15. The summed E-state index contributed by atoms with van der Waals surface area (Å²) in [5.41, 5.74) is 1.09. The van der Waals surface area contributed by atoms with E-state index in [1.807, 2.05) is 0 Å². The fourth-order valence-electron chi connectivity index (χ4n) is 3.53. The Morgan fingerprint density at radius 1 is 1.06 bits per heavy atom. The number of carbonyl (C=O) groups excluding carboxylic acids is 1. The predicted octanol–water partition coefficient (Wildman–Crippen LogP) is 5.95. The number of carbonyl (C=O) groups is 1. The van der Waals surface area contributed by atoms with E-state index in [9.17, 15) is 18.8 Å². The summed E-state index contributed by atoms with van der Waals surface area (Å²) in [6, 6.07) is 15.5. The molecule has 5 aromatic rings. The van der Waals surface area contributed by atoms with Crippen LogP contribution in [0.2, 0.25) is 0 Å². The van der Waals surface area contributed by atoms with Crippen LogP contribution in [0, 0.1) is 16.8 Å². The van der Waals surface area contributed by atoms with Crippen LogP contribution in [-0.2, 0) is 0 Å². The average molecular weight is 537 g/mol. The first-order valence-corrected chi connectivity index (χ1v) is 11.1. The molecule has 3 heterocycles. The summed E-state index contributed by atoms with van der Waals surface area (Å²) in [4.78, 5) is 20.0. The van der Waals surface area contributed by atoms with Crippen LogP contribution in [0.5, 0.6) is 11.5 Å². The van der Waals surface area contributed by atoms with Gasteiger partial charge < -0.3 is 20.2 Å². The number of benzene rings is 2. The van der Waals surface area contributed by atoms with Crippen LogP contribution in [0.25, 0.3) is 22.3 Å². The summed E-state index contributed by atoms with van der Waals surface area (Å²) in [5, 5.41) is 16.0. The van der Waals surface area contributed by atoms with Gasteiger partial charge >= 0.3 is 5.91 Å². The zero-order valence-electron chi connectivity index (χ0n) is 17.8. The van der Waals surface area contributed by atoms with E-state index < -0.39 is 17.5 Å². The maximum atomic E-state index is 14.9. The number of fused-ring (bicyclic) bond motifs is 1. The molecule has 5 rings (SSSR count). The molecule has 0 saturated heterocycles. The third kappa shape index (κ3) is 4.43. The molecule has 2 aromatic carbocycles. The molecule has 3 aromatic heterocycles. The molecule has 0 bridgehead atoms. The lowest BCUT2D eigenvalue weighted by atomic mass is 10.1.